The first-order chi connectivity index (χ1) is 15.0. The molecule has 0 aliphatic heterocycles. The van der Waals surface area contributed by atoms with Gasteiger partial charge in [0.15, 0.2) is 5.11 Å². The molecular weight excluding hydrogens is 434 g/mol. The van der Waals surface area contributed by atoms with E-state index in [2.05, 4.69) is 16.0 Å². The number of para-hydroxylation sites is 1. The fraction of sp³-hybridized carbons (Fsp3) is 0.0870. The van der Waals surface area contributed by atoms with Crippen LogP contribution in [0.3, 0.4) is 0 Å². The van der Waals surface area contributed by atoms with Crippen molar-refractivity contribution in [3.8, 4) is 5.75 Å². The summed E-state index contributed by atoms with van der Waals surface area (Å²) in [7, 11) is 0. The fourth-order valence-corrected chi connectivity index (χ4v) is 3.18. The lowest BCUT2D eigenvalue weighted by Gasteiger charge is -2.14. The highest BCUT2D eigenvalue weighted by Gasteiger charge is 2.15. The molecule has 3 aromatic carbocycles. The van der Waals surface area contributed by atoms with Crippen LogP contribution in [-0.2, 0) is 0 Å². The molecular formula is C23H20ClN3O3S. The molecule has 0 atom stereocenters. The molecule has 0 spiro atoms. The molecule has 0 aliphatic rings. The summed E-state index contributed by atoms with van der Waals surface area (Å²) in [5.41, 5.74) is 1.74. The van der Waals surface area contributed by atoms with Gasteiger partial charge in [-0.3, -0.25) is 14.9 Å². The predicted molar refractivity (Wildman–Crippen MR) is 127 cm³/mol. The highest BCUT2D eigenvalue weighted by molar-refractivity contribution is 7.80. The molecule has 0 fully saturated rings. The highest BCUT2D eigenvalue weighted by atomic mass is 35.5. The molecule has 0 heterocycles. The smallest absolute Gasteiger partial charge is 0.258 e. The molecule has 0 aliphatic carbocycles. The van der Waals surface area contributed by atoms with Gasteiger partial charge in [0.05, 0.1) is 28.4 Å². The van der Waals surface area contributed by atoms with Gasteiger partial charge in [0, 0.05) is 5.69 Å². The van der Waals surface area contributed by atoms with Gasteiger partial charge in [-0.2, -0.15) is 0 Å². The minimum Gasteiger partial charge on any atom is -0.494 e. The van der Waals surface area contributed by atoms with Crippen LogP contribution in [0.25, 0.3) is 0 Å². The third-order valence-corrected chi connectivity index (χ3v) is 4.72. The molecule has 0 unspecified atom stereocenters. The van der Waals surface area contributed by atoms with Crippen molar-refractivity contribution < 1.29 is 14.3 Å². The lowest BCUT2D eigenvalue weighted by Crippen LogP contribution is -2.34. The molecule has 0 saturated heterocycles. The van der Waals surface area contributed by atoms with Crippen molar-refractivity contribution in [3.63, 3.8) is 0 Å². The van der Waals surface area contributed by atoms with Crippen LogP contribution in [0.4, 0.5) is 11.4 Å². The van der Waals surface area contributed by atoms with Crippen molar-refractivity contribution in [1.29, 1.82) is 0 Å². The Kier molecular flexibility index (Phi) is 7.59. The van der Waals surface area contributed by atoms with Gasteiger partial charge in [0.1, 0.15) is 5.75 Å². The van der Waals surface area contributed by atoms with Crippen molar-refractivity contribution in [2.75, 3.05) is 17.2 Å². The summed E-state index contributed by atoms with van der Waals surface area (Å²) in [4.78, 5) is 25.2. The van der Waals surface area contributed by atoms with E-state index in [1.54, 1.807) is 72.8 Å². The number of carbonyl (C=O) groups excluding carboxylic acids is 2. The van der Waals surface area contributed by atoms with Crippen LogP contribution in [0.1, 0.15) is 27.6 Å². The quantitative estimate of drug-likeness (QED) is 0.451. The maximum atomic E-state index is 12.8. The number of hydrogen-bond donors (Lipinski definition) is 3. The lowest BCUT2D eigenvalue weighted by atomic mass is 10.1. The van der Waals surface area contributed by atoms with Crippen molar-refractivity contribution in [2.24, 2.45) is 0 Å². The maximum absolute atomic E-state index is 12.8. The van der Waals surface area contributed by atoms with Crippen LogP contribution in [0, 0.1) is 0 Å². The second kappa shape index (κ2) is 10.6. The number of ether oxygens (including phenoxy) is 1. The highest BCUT2D eigenvalue weighted by Crippen LogP contribution is 2.20. The summed E-state index contributed by atoms with van der Waals surface area (Å²) in [6, 6.07) is 20.6. The zero-order valence-electron chi connectivity index (χ0n) is 16.6. The number of anilines is 2. The van der Waals surface area contributed by atoms with Crippen LogP contribution in [0.15, 0.2) is 72.8 Å². The van der Waals surface area contributed by atoms with Crippen molar-refractivity contribution in [1.82, 2.24) is 5.32 Å². The number of thiocarbonyl (C=S) groups is 1. The number of halogens is 1. The van der Waals surface area contributed by atoms with E-state index in [0.717, 1.165) is 5.75 Å². The number of amides is 2. The van der Waals surface area contributed by atoms with E-state index < -0.39 is 5.91 Å². The van der Waals surface area contributed by atoms with Gasteiger partial charge in [-0.1, -0.05) is 35.9 Å². The number of hydrogen-bond acceptors (Lipinski definition) is 4. The molecule has 158 valence electrons. The van der Waals surface area contributed by atoms with Crippen LogP contribution >= 0.6 is 23.8 Å². The second-order valence-corrected chi connectivity index (χ2v) is 7.16. The zero-order chi connectivity index (χ0) is 22.2. The molecule has 0 bridgehead atoms. The molecule has 0 radical (unpaired) electrons. The topological polar surface area (TPSA) is 79.5 Å². The molecule has 0 saturated carbocycles. The number of rotatable bonds is 6. The first kappa shape index (κ1) is 22.3. The molecule has 0 aromatic heterocycles. The third kappa shape index (κ3) is 6.04. The Morgan fingerprint density at radius 3 is 2.19 bits per heavy atom. The van der Waals surface area contributed by atoms with E-state index in [4.69, 9.17) is 28.6 Å². The lowest BCUT2D eigenvalue weighted by molar-refractivity contribution is 0.0976. The first-order valence-corrected chi connectivity index (χ1v) is 10.3. The van der Waals surface area contributed by atoms with Gasteiger partial charge >= 0.3 is 0 Å². The van der Waals surface area contributed by atoms with E-state index in [9.17, 15) is 9.59 Å². The Labute approximate surface area is 190 Å². The van der Waals surface area contributed by atoms with Gasteiger partial charge in [-0.05, 0) is 67.7 Å². The fourth-order valence-electron chi connectivity index (χ4n) is 2.76. The zero-order valence-corrected chi connectivity index (χ0v) is 18.2. The summed E-state index contributed by atoms with van der Waals surface area (Å²) in [6.07, 6.45) is 0. The van der Waals surface area contributed by atoms with E-state index in [1.165, 1.54) is 0 Å². The second-order valence-electron chi connectivity index (χ2n) is 6.35. The number of nitrogens with one attached hydrogen (secondary N) is 3. The molecule has 8 heteroatoms. The Hall–Kier alpha value is -3.42. The summed E-state index contributed by atoms with van der Waals surface area (Å²) in [6.45, 7) is 2.47. The Morgan fingerprint density at radius 1 is 0.871 bits per heavy atom. The average molecular weight is 454 g/mol. The molecule has 31 heavy (non-hydrogen) atoms. The van der Waals surface area contributed by atoms with Crippen LogP contribution < -0.4 is 20.7 Å². The van der Waals surface area contributed by atoms with Crippen LogP contribution in [0.2, 0.25) is 5.02 Å². The minimum absolute atomic E-state index is 0.0474. The number of benzene rings is 3. The van der Waals surface area contributed by atoms with Crippen molar-refractivity contribution in [2.45, 2.75) is 6.92 Å². The molecule has 3 aromatic rings. The minimum atomic E-state index is -0.445. The predicted octanol–water partition coefficient (Wildman–Crippen LogP) is 5.12. The van der Waals surface area contributed by atoms with Crippen LogP contribution in [-0.4, -0.2) is 23.5 Å². The average Bonchev–Trinajstić information content (AvgIpc) is 2.76. The molecule has 2 amide bonds. The Bertz CT molecular complexity index is 1100. The first-order valence-electron chi connectivity index (χ1n) is 9.48. The van der Waals surface area contributed by atoms with Crippen LogP contribution in [0.5, 0.6) is 5.75 Å². The van der Waals surface area contributed by atoms with Gasteiger partial charge in [0.25, 0.3) is 11.8 Å². The van der Waals surface area contributed by atoms with Gasteiger partial charge in [-0.25, -0.2) is 0 Å². The summed E-state index contributed by atoms with van der Waals surface area (Å²) in [5.74, 6) is -0.0471. The maximum Gasteiger partial charge on any atom is 0.258 e. The summed E-state index contributed by atoms with van der Waals surface area (Å²) < 4.78 is 5.40. The van der Waals surface area contributed by atoms with E-state index in [-0.39, 0.29) is 11.0 Å². The normalized spacial score (nSPS) is 10.1. The van der Waals surface area contributed by atoms with Gasteiger partial charge in [0.2, 0.25) is 0 Å². The Balaban J connectivity index is 1.68. The Morgan fingerprint density at radius 2 is 1.52 bits per heavy atom. The van der Waals surface area contributed by atoms with E-state index in [0.29, 0.717) is 34.1 Å². The largest absolute Gasteiger partial charge is 0.494 e. The third-order valence-electron chi connectivity index (χ3n) is 4.19. The van der Waals surface area contributed by atoms with Crippen molar-refractivity contribution >= 4 is 52.1 Å². The SMILES string of the molecule is CCOc1ccc(NC(=O)c2ccccc2NC(=S)NC(=O)c2ccccc2Cl)cc1. The van der Waals surface area contributed by atoms with Gasteiger partial charge in [-0.15, -0.1) is 0 Å². The van der Waals surface area contributed by atoms with E-state index in [1.807, 2.05) is 6.92 Å². The monoisotopic (exact) mass is 453 g/mol. The molecule has 3 rings (SSSR count). The van der Waals surface area contributed by atoms with Crippen molar-refractivity contribution in [3.05, 3.63) is 88.9 Å². The summed E-state index contributed by atoms with van der Waals surface area (Å²) >= 11 is 11.3. The molecule has 6 nitrogen and oxygen atoms in total. The standard InChI is InChI=1S/C23H20ClN3O3S/c1-2-30-16-13-11-15(12-14-16)25-22(29)18-8-4-6-10-20(18)26-23(31)27-21(28)17-7-3-5-9-19(17)24/h3-14H,2H2,1H3,(H,25,29)(H2,26,27,28,31). The van der Waals surface area contributed by atoms with Gasteiger partial charge < -0.3 is 15.4 Å². The summed E-state index contributed by atoms with van der Waals surface area (Å²) in [5, 5.41) is 8.67. The molecule has 3 N–H and O–H groups in total. The van der Waals surface area contributed by atoms with E-state index >= 15 is 0 Å². The number of carbonyl (C=O) groups is 2.